The van der Waals surface area contributed by atoms with Crippen LogP contribution in [0.5, 0.6) is 0 Å². The summed E-state index contributed by atoms with van der Waals surface area (Å²) in [7, 11) is 0. The number of carbonyl (C=O) groups excluding carboxylic acids is 2. The second-order valence-electron chi connectivity index (χ2n) is 13.6. The van der Waals surface area contributed by atoms with E-state index in [0.717, 1.165) is 115 Å². The minimum Gasteiger partial charge on any atom is -0.480 e. The summed E-state index contributed by atoms with van der Waals surface area (Å²) in [5, 5.41) is 22.4. The standard InChI is InChI=1S/C21H38N4O.C20H36O4/c1-2-3-4-14-17-20(26)18-15-12-10-8-6-5-7-9-11-13-16-19-21-22-24-25-23-21;1-2-3-4-12-15-19(21)16-13-10-8-6-5-7-9-11-14-17-24-18-20(22)23/h5-6H,2-4,7-19H2,1H3,(H,22,23,24,25);5,7H,2-4,6,8-18H2,1H3,(H,22,23)/b6-5-;7-5-. The number of allylic oxidation sites excluding steroid dienone is 4. The Hall–Kier alpha value is -2.68. The molecule has 0 amide bonds. The summed E-state index contributed by atoms with van der Waals surface area (Å²) in [6.45, 7) is 4.72. The van der Waals surface area contributed by atoms with Gasteiger partial charge in [-0.05, 0) is 89.9 Å². The lowest BCUT2D eigenvalue weighted by molar-refractivity contribution is -0.142. The molecule has 0 saturated heterocycles. The number of ether oxygens (including phenoxy) is 1. The number of aromatic amines is 1. The summed E-state index contributed by atoms with van der Waals surface area (Å²) in [6.07, 6.45) is 40.7. The summed E-state index contributed by atoms with van der Waals surface area (Å²) in [4.78, 5) is 33.6. The highest BCUT2D eigenvalue weighted by Gasteiger charge is 2.03. The van der Waals surface area contributed by atoms with Gasteiger partial charge >= 0.3 is 5.97 Å². The fourth-order valence-corrected chi connectivity index (χ4v) is 5.55. The molecule has 2 N–H and O–H groups in total. The number of ketones is 2. The van der Waals surface area contributed by atoms with Crippen LogP contribution >= 0.6 is 0 Å². The molecule has 1 rings (SSSR count). The molecule has 0 fully saturated rings. The number of H-pyrrole nitrogens is 1. The summed E-state index contributed by atoms with van der Waals surface area (Å²) >= 11 is 0. The number of nitrogens with zero attached hydrogens (tertiary/aromatic N) is 3. The zero-order valence-electron chi connectivity index (χ0n) is 32.2. The van der Waals surface area contributed by atoms with Gasteiger partial charge in [-0.1, -0.05) is 108 Å². The SMILES string of the molecule is CCCCCCC(=O)CCCCC/C=C\CCCCCCc1nn[nH]n1.CCCCCCC(=O)CCCCC/C=C\CCCCOCC(=O)O. The largest absolute Gasteiger partial charge is 0.480 e. The maximum atomic E-state index is 11.7. The number of nitrogens with one attached hydrogen (secondary N) is 1. The molecule has 0 spiro atoms. The van der Waals surface area contributed by atoms with Gasteiger partial charge in [0.1, 0.15) is 18.2 Å². The minimum absolute atomic E-state index is 0.197. The first-order chi connectivity index (χ1) is 24.5. The second-order valence-corrected chi connectivity index (χ2v) is 13.6. The van der Waals surface area contributed by atoms with Gasteiger partial charge in [0, 0.05) is 38.7 Å². The molecule has 0 unspecified atom stereocenters. The van der Waals surface area contributed by atoms with Crippen LogP contribution in [0.15, 0.2) is 24.3 Å². The van der Waals surface area contributed by atoms with E-state index in [1.807, 2.05) is 0 Å². The van der Waals surface area contributed by atoms with Crippen molar-refractivity contribution in [3.63, 3.8) is 0 Å². The van der Waals surface area contributed by atoms with Crippen LogP contribution in [0.2, 0.25) is 0 Å². The van der Waals surface area contributed by atoms with E-state index in [2.05, 4.69) is 58.8 Å². The smallest absolute Gasteiger partial charge is 0.329 e. The molecule has 0 atom stereocenters. The number of Topliss-reactive ketones (excluding diaryl/α,β-unsaturated/α-hetero) is 2. The Morgan fingerprint density at radius 2 is 1.00 bits per heavy atom. The van der Waals surface area contributed by atoms with Crippen LogP contribution in [0.3, 0.4) is 0 Å². The zero-order chi connectivity index (χ0) is 36.6. The number of aryl methyl sites for hydroxylation is 1. The third-order valence-electron chi connectivity index (χ3n) is 8.65. The highest BCUT2D eigenvalue weighted by Crippen LogP contribution is 2.11. The molecule has 1 aromatic heterocycles. The number of rotatable bonds is 36. The van der Waals surface area contributed by atoms with Crippen molar-refractivity contribution >= 4 is 17.5 Å². The van der Waals surface area contributed by atoms with E-state index in [9.17, 15) is 14.4 Å². The molecule has 0 aromatic carbocycles. The Bertz CT molecular complexity index is 949. The minimum atomic E-state index is -0.909. The first-order valence-electron chi connectivity index (χ1n) is 20.3. The van der Waals surface area contributed by atoms with Gasteiger partial charge in [-0.3, -0.25) is 9.59 Å². The molecule has 9 heteroatoms. The first-order valence-corrected chi connectivity index (χ1v) is 20.3. The Morgan fingerprint density at radius 1 is 0.580 bits per heavy atom. The molecule has 1 aromatic rings. The van der Waals surface area contributed by atoms with Gasteiger partial charge in [0.05, 0.1) is 0 Å². The van der Waals surface area contributed by atoms with Gasteiger partial charge in [-0.2, -0.15) is 5.21 Å². The number of hydrogen-bond acceptors (Lipinski definition) is 7. The van der Waals surface area contributed by atoms with Crippen molar-refractivity contribution < 1.29 is 24.2 Å². The molecule has 288 valence electrons. The lowest BCUT2D eigenvalue weighted by atomic mass is 10.0. The number of carbonyl (C=O) groups is 3. The Labute approximate surface area is 305 Å². The van der Waals surface area contributed by atoms with Gasteiger partial charge < -0.3 is 9.84 Å². The van der Waals surface area contributed by atoms with Crippen LogP contribution in [0, 0.1) is 0 Å². The van der Waals surface area contributed by atoms with Crippen LogP contribution in [0.1, 0.15) is 199 Å². The lowest BCUT2D eigenvalue weighted by Crippen LogP contribution is -2.07. The molecule has 50 heavy (non-hydrogen) atoms. The van der Waals surface area contributed by atoms with E-state index in [-0.39, 0.29) is 6.61 Å². The van der Waals surface area contributed by atoms with E-state index in [4.69, 9.17) is 9.84 Å². The van der Waals surface area contributed by atoms with Crippen LogP contribution in [-0.4, -0.2) is 56.5 Å². The number of aromatic nitrogens is 4. The Kier molecular flexibility index (Phi) is 37.0. The molecule has 0 aliphatic carbocycles. The molecule has 0 bridgehead atoms. The van der Waals surface area contributed by atoms with Crippen molar-refractivity contribution in [3.05, 3.63) is 30.1 Å². The first kappa shape index (κ1) is 47.3. The maximum Gasteiger partial charge on any atom is 0.329 e. The van der Waals surface area contributed by atoms with Crippen molar-refractivity contribution in [1.29, 1.82) is 0 Å². The van der Waals surface area contributed by atoms with Gasteiger partial charge in [0.2, 0.25) is 0 Å². The number of carboxylic acid groups (broad SMARTS) is 1. The van der Waals surface area contributed by atoms with Crippen molar-refractivity contribution in [2.45, 2.75) is 200 Å². The third kappa shape index (κ3) is 38.1. The number of tetrazole rings is 1. The molecule has 9 nitrogen and oxygen atoms in total. The fraction of sp³-hybridized carbons (Fsp3) is 0.805. The molecular formula is C41H74N4O5. The molecule has 0 radical (unpaired) electrons. The van der Waals surface area contributed by atoms with Gasteiger partial charge in [0.25, 0.3) is 0 Å². The number of hydrogen-bond donors (Lipinski definition) is 2. The Balaban J connectivity index is 0.000000964. The highest BCUT2D eigenvalue weighted by molar-refractivity contribution is 5.78. The van der Waals surface area contributed by atoms with Crippen molar-refractivity contribution in [2.24, 2.45) is 0 Å². The van der Waals surface area contributed by atoms with E-state index >= 15 is 0 Å². The molecule has 0 aliphatic heterocycles. The predicted octanol–water partition coefficient (Wildman–Crippen LogP) is 11.0. The average molecular weight is 703 g/mol. The van der Waals surface area contributed by atoms with Gasteiger partial charge in [0.15, 0.2) is 5.82 Å². The van der Waals surface area contributed by atoms with Crippen molar-refractivity contribution in [2.75, 3.05) is 13.2 Å². The van der Waals surface area contributed by atoms with Crippen LogP contribution in [-0.2, 0) is 25.5 Å². The predicted molar refractivity (Wildman–Crippen MR) is 205 cm³/mol. The normalized spacial score (nSPS) is 11.3. The topological polar surface area (TPSA) is 135 Å². The fourth-order valence-electron chi connectivity index (χ4n) is 5.55. The van der Waals surface area contributed by atoms with E-state index < -0.39 is 5.97 Å². The van der Waals surface area contributed by atoms with Crippen molar-refractivity contribution in [3.8, 4) is 0 Å². The summed E-state index contributed by atoms with van der Waals surface area (Å²) in [5.74, 6) is 0.818. The number of aliphatic carboxylic acids is 1. The lowest BCUT2D eigenvalue weighted by Gasteiger charge is -2.01. The second kappa shape index (κ2) is 39.1. The monoisotopic (exact) mass is 703 g/mol. The van der Waals surface area contributed by atoms with E-state index in [1.54, 1.807) is 0 Å². The van der Waals surface area contributed by atoms with Crippen LogP contribution in [0.25, 0.3) is 0 Å². The maximum absolute atomic E-state index is 11.7. The zero-order valence-corrected chi connectivity index (χ0v) is 32.2. The molecule has 0 saturated carbocycles. The van der Waals surface area contributed by atoms with Gasteiger partial charge in [-0.15, -0.1) is 10.2 Å². The van der Waals surface area contributed by atoms with Crippen LogP contribution in [0.4, 0.5) is 0 Å². The Morgan fingerprint density at radius 3 is 1.42 bits per heavy atom. The average Bonchev–Trinajstić information content (AvgIpc) is 3.63. The third-order valence-corrected chi connectivity index (χ3v) is 8.65. The summed E-state index contributed by atoms with van der Waals surface area (Å²) in [5.41, 5.74) is 0. The summed E-state index contributed by atoms with van der Waals surface area (Å²) < 4.78 is 4.97. The quantitative estimate of drug-likeness (QED) is 0.0521. The van der Waals surface area contributed by atoms with Crippen molar-refractivity contribution in [1.82, 2.24) is 20.6 Å². The number of carboxylic acids is 1. The highest BCUT2D eigenvalue weighted by atomic mass is 16.5. The molecular weight excluding hydrogens is 628 g/mol. The van der Waals surface area contributed by atoms with Crippen LogP contribution < -0.4 is 0 Å². The molecule has 1 heterocycles. The molecule has 0 aliphatic rings. The van der Waals surface area contributed by atoms with E-state index in [1.165, 1.54) is 77.0 Å². The van der Waals surface area contributed by atoms with Gasteiger partial charge in [-0.25, -0.2) is 4.79 Å². The summed E-state index contributed by atoms with van der Waals surface area (Å²) in [6, 6.07) is 0. The number of unbranched alkanes of at least 4 members (excludes halogenated alkanes) is 18. The van der Waals surface area contributed by atoms with E-state index in [0.29, 0.717) is 18.2 Å².